The molecule has 126 valence electrons. The van der Waals surface area contributed by atoms with E-state index in [1.807, 2.05) is 25.2 Å². The number of hydrogen-bond donors (Lipinski definition) is 2. The second-order valence-electron chi connectivity index (χ2n) is 4.58. The maximum absolute atomic E-state index is 5.82. The van der Waals surface area contributed by atoms with Gasteiger partial charge in [0.1, 0.15) is 6.33 Å². The Balaban J connectivity index is 0.00000264. The van der Waals surface area contributed by atoms with Crippen molar-refractivity contribution in [3.8, 4) is 11.5 Å². The fourth-order valence-electron chi connectivity index (χ4n) is 1.85. The van der Waals surface area contributed by atoms with Crippen LogP contribution in [0.25, 0.3) is 0 Å². The van der Waals surface area contributed by atoms with Crippen molar-refractivity contribution in [1.29, 1.82) is 0 Å². The van der Waals surface area contributed by atoms with Crippen LogP contribution in [0.3, 0.4) is 0 Å². The molecule has 0 aliphatic rings. The highest BCUT2D eigenvalue weighted by Gasteiger charge is 2.04. The molecule has 2 rings (SSSR count). The molecule has 0 aliphatic heterocycles. The number of ether oxygens (including phenoxy) is 2. The Morgan fingerprint density at radius 2 is 2.04 bits per heavy atom. The van der Waals surface area contributed by atoms with E-state index in [1.165, 1.54) is 0 Å². The Morgan fingerprint density at radius 1 is 1.30 bits per heavy atom. The van der Waals surface area contributed by atoms with E-state index in [1.54, 1.807) is 25.2 Å². The number of hydrogen-bond acceptors (Lipinski definition) is 5. The average Bonchev–Trinajstić information content (AvgIpc) is 2.96. The molecule has 0 atom stereocenters. The molecular formula is C14H21IN6O2. The zero-order valence-corrected chi connectivity index (χ0v) is 15.6. The highest BCUT2D eigenvalue weighted by atomic mass is 127. The topological polar surface area (TPSA) is 99.6 Å². The number of nitrogens with zero attached hydrogens (tertiary/aromatic N) is 4. The minimum atomic E-state index is 0. The summed E-state index contributed by atoms with van der Waals surface area (Å²) in [5.74, 6) is 2.34. The van der Waals surface area contributed by atoms with E-state index in [9.17, 15) is 0 Å². The molecular weight excluding hydrogens is 411 g/mol. The Kier molecular flexibility index (Phi) is 7.59. The number of nitrogens with one attached hydrogen (secondary N) is 1. The molecule has 1 heterocycles. The van der Waals surface area contributed by atoms with Crippen LogP contribution in [0.5, 0.6) is 11.5 Å². The van der Waals surface area contributed by atoms with Crippen molar-refractivity contribution in [2.75, 3.05) is 14.2 Å². The number of aliphatic imine (C=N–C) groups is 1. The highest BCUT2D eigenvalue weighted by molar-refractivity contribution is 14.0. The number of methoxy groups -OCH3 is 2. The fourth-order valence-corrected chi connectivity index (χ4v) is 1.85. The Labute approximate surface area is 152 Å². The molecule has 0 bridgehead atoms. The van der Waals surface area contributed by atoms with Gasteiger partial charge in [0.05, 0.1) is 27.3 Å². The van der Waals surface area contributed by atoms with Crippen LogP contribution in [-0.2, 0) is 20.1 Å². The molecule has 9 heteroatoms. The van der Waals surface area contributed by atoms with Crippen LogP contribution < -0.4 is 20.5 Å². The lowest BCUT2D eigenvalue weighted by Crippen LogP contribution is -2.31. The smallest absolute Gasteiger partial charge is 0.189 e. The second-order valence-corrected chi connectivity index (χ2v) is 4.58. The van der Waals surface area contributed by atoms with E-state index in [-0.39, 0.29) is 24.0 Å². The van der Waals surface area contributed by atoms with Crippen molar-refractivity contribution in [1.82, 2.24) is 20.1 Å². The quantitative estimate of drug-likeness (QED) is 0.402. The van der Waals surface area contributed by atoms with Crippen LogP contribution in [-0.4, -0.2) is 34.9 Å². The second kappa shape index (κ2) is 9.18. The van der Waals surface area contributed by atoms with E-state index >= 15 is 0 Å². The first-order chi connectivity index (χ1) is 10.6. The third-order valence-corrected chi connectivity index (χ3v) is 2.95. The molecule has 3 N–H and O–H groups in total. The molecule has 2 aromatic rings. The lowest BCUT2D eigenvalue weighted by Gasteiger charge is -2.09. The Bertz CT molecular complexity index is 658. The molecule has 0 fully saturated rings. The number of benzene rings is 1. The first kappa shape index (κ1) is 19.0. The molecule has 1 aromatic heterocycles. The Hall–Kier alpha value is -2.04. The van der Waals surface area contributed by atoms with E-state index < -0.39 is 0 Å². The monoisotopic (exact) mass is 432 g/mol. The van der Waals surface area contributed by atoms with Crippen molar-refractivity contribution < 1.29 is 9.47 Å². The predicted molar refractivity (Wildman–Crippen MR) is 98.1 cm³/mol. The number of halogens is 1. The fraction of sp³-hybridized carbons (Fsp3) is 0.357. The summed E-state index contributed by atoms with van der Waals surface area (Å²) in [6.07, 6.45) is 1.63. The van der Waals surface area contributed by atoms with E-state index in [2.05, 4.69) is 20.4 Å². The molecule has 0 saturated heterocycles. The summed E-state index contributed by atoms with van der Waals surface area (Å²) in [6, 6.07) is 5.62. The van der Waals surface area contributed by atoms with Gasteiger partial charge in [-0.2, -0.15) is 5.10 Å². The largest absolute Gasteiger partial charge is 0.493 e. The number of nitrogens with two attached hydrogens (primary N) is 1. The summed E-state index contributed by atoms with van der Waals surface area (Å²) in [5.41, 5.74) is 6.79. The molecule has 0 aliphatic carbocycles. The van der Waals surface area contributed by atoms with Gasteiger partial charge in [-0.1, -0.05) is 6.07 Å². The van der Waals surface area contributed by atoms with Crippen LogP contribution in [0.4, 0.5) is 0 Å². The molecule has 0 saturated carbocycles. The molecule has 23 heavy (non-hydrogen) atoms. The van der Waals surface area contributed by atoms with Gasteiger partial charge in [-0.3, -0.25) is 4.68 Å². The summed E-state index contributed by atoms with van der Waals surface area (Å²) < 4.78 is 12.1. The average molecular weight is 432 g/mol. The standard InChI is InChI=1S/C14H20N6O2.HI/c1-20-9-18-13(19-20)8-17-14(15)16-7-10-4-5-11(21-2)12(6-10)22-3;/h4-6,9H,7-8H2,1-3H3,(H3,15,16,17);1H. The number of aromatic nitrogens is 3. The third kappa shape index (κ3) is 5.58. The number of guanidine groups is 1. The highest BCUT2D eigenvalue weighted by Crippen LogP contribution is 2.27. The van der Waals surface area contributed by atoms with Gasteiger partial charge in [-0.05, 0) is 17.7 Å². The predicted octanol–water partition coefficient (Wildman–Crippen LogP) is 1.05. The van der Waals surface area contributed by atoms with Gasteiger partial charge in [0, 0.05) is 7.05 Å². The van der Waals surface area contributed by atoms with Crippen LogP contribution >= 0.6 is 24.0 Å². The number of rotatable bonds is 6. The minimum absolute atomic E-state index is 0. The van der Waals surface area contributed by atoms with E-state index in [0.717, 1.165) is 5.56 Å². The third-order valence-electron chi connectivity index (χ3n) is 2.95. The SMILES string of the molecule is COc1ccc(CN=C(N)NCc2ncn(C)n2)cc1OC.I. The van der Waals surface area contributed by atoms with Gasteiger partial charge in [-0.25, -0.2) is 9.98 Å². The zero-order chi connectivity index (χ0) is 15.9. The number of aryl methyl sites for hydroxylation is 1. The van der Waals surface area contributed by atoms with Crippen LogP contribution in [0.15, 0.2) is 29.5 Å². The van der Waals surface area contributed by atoms with Gasteiger partial charge in [-0.15, -0.1) is 24.0 Å². The van der Waals surface area contributed by atoms with Crippen molar-refractivity contribution in [3.63, 3.8) is 0 Å². The first-order valence-corrected chi connectivity index (χ1v) is 6.71. The van der Waals surface area contributed by atoms with Crippen molar-refractivity contribution >= 4 is 29.9 Å². The normalized spacial score (nSPS) is 10.8. The molecule has 0 unspecified atom stereocenters. The first-order valence-electron chi connectivity index (χ1n) is 6.71. The zero-order valence-electron chi connectivity index (χ0n) is 13.3. The minimum Gasteiger partial charge on any atom is -0.493 e. The molecule has 0 radical (unpaired) electrons. The molecule has 8 nitrogen and oxygen atoms in total. The van der Waals surface area contributed by atoms with Crippen molar-refractivity contribution in [3.05, 3.63) is 35.9 Å². The summed E-state index contributed by atoms with van der Waals surface area (Å²) >= 11 is 0. The maximum Gasteiger partial charge on any atom is 0.189 e. The van der Waals surface area contributed by atoms with Crippen LogP contribution in [0.2, 0.25) is 0 Å². The summed E-state index contributed by atoms with van der Waals surface area (Å²) in [4.78, 5) is 8.37. The van der Waals surface area contributed by atoms with Gasteiger partial charge < -0.3 is 20.5 Å². The van der Waals surface area contributed by atoms with Crippen LogP contribution in [0.1, 0.15) is 11.4 Å². The maximum atomic E-state index is 5.82. The summed E-state index contributed by atoms with van der Waals surface area (Å²) in [7, 11) is 5.01. The lowest BCUT2D eigenvalue weighted by atomic mass is 10.2. The van der Waals surface area contributed by atoms with E-state index in [0.29, 0.717) is 36.4 Å². The van der Waals surface area contributed by atoms with Gasteiger partial charge >= 0.3 is 0 Å². The van der Waals surface area contributed by atoms with Crippen LogP contribution in [0, 0.1) is 0 Å². The molecule has 0 amide bonds. The molecule has 0 spiro atoms. The summed E-state index contributed by atoms with van der Waals surface area (Å²) in [5, 5.41) is 7.11. The Morgan fingerprint density at radius 3 is 2.65 bits per heavy atom. The van der Waals surface area contributed by atoms with Gasteiger partial charge in [0.15, 0.2) is 23.3 Å². The van der Waals surface area contributed by atoms with Crippen molar-refractivity contribution in [2.45, 2.75) is 13.1 Å². The van der Waals surface area contributed by atoms with Crippen molar-refractivity contribution in [2.24, 2.45) is 17.8 Å². The molecule has 1 aromatic carbocycles. The van der Waals surface area contributed by atoms with Gasteiger partial charge in [0.2, 0.25) is 0 Å². The van der Waals surface area contributed by atoms with E-state index in [4.69, 9.17) is 15.2 Å². The summed E-state index contributed by atoms with van der Waals surface area (Å²) in [6.45, 7) is 0.872. The lowest BCUT2D eigenvalue weighted by molar-refractivity contribution is 0.354. The van der Waals surface area contributed by atoms with Gasteiger partial charge in [0.25, 0.3) is 0 Å².